The van der Waals surface area contributed by atoms with Gasteiger partial charge in [-0.15, -0.1) is 0 Å². The van der Waals surface area contributed by atoms with Crippen LogP contribution in [0.15, 0.2) is 71.5 Å². The predicted molar refractivity (Wildman–Crippen MR) is 123 cm³/mol. The highest BCUT2D eigenvalue weighted by atomic mass is 35.5. The number of para-hydroxylation sites is 2. The number of nitrogens with zero attached hydrogens (tertiary/aromatic N) is 2. The molecule has 0 amide bonds. The standard InChI is InChI=1S/C23H14Cl2N2O2S/c24-16-5-3-4-14(10-16)13-29-20-9-8-17(25)11-15(20)12-21-22(28)27-19-7-2-1-6-18(19)26-23(27)30-21/h1-12H,13H2/b21-12+. The second kappa shape index (κ2) is 7.76. The maximum atomic E-state index is 13.0. The van der Waals surface area contributed by atoms with Crippen molar-refractivity contribution >= 4 is 56.6 Å². The molecule has 4 nitrogen and oxygen atoms in total. The number of hydrogen-bond acceptors (Lipinski definition) is 4. The smallest absolute Gasteiger partial charge is 0.274 e. The molecule has 0 unspecified atom stereocenters. The van der Waals surface area contributed by atoms with Gasteiger partial charge in [0.05, 0.1) is 15.6 Å². The summed E-state index contributed by atoms with van der Waals surface area (Å²) in [5.41, 5.74) is 3.19. The van der Waals surface area contributed by atoms with Gasteiger partial charge in [0.2, 0.25) is 0 Å². The molecule has 3 aromatic carbocycles. The zero-order valence-electron chi connectivity index (χ0n) is 15.5. The van der Waals surface area contributed by atoms with Crippen LogP contribution in [0.4, 0.5) is 0 Å². The molecule has 148 valence electrons. The van der Waals surface area contributed by atoms with Crippen LogP contribution < -0.4 is 14.8 Å². The summed E-state index contributed by atoms with van der Waals surface area (Å²) in [6, 6.07) is 20.5. The molecular weight excluding hydrogens is 439 g/mol. The lowest BCUT2D eigenvalue weighted by molar-refractivity contribution is 0.305. The van der Waals surface area contributed by atoms with Crippen LogP contribution in [0.2, 0.25) is 10.0 Å². The van der Waals surface area contributed by atoms with E-state index in [4.69, 9.17) is 27.9 Å². The first-order valence-corrected chi connectivity index (χ1v) is 10.7. The Morgan fingerprint density at radius 3 is 2.70 bits per heavy atom. The molecule has 0 bridgehead atoms. The molecule has 0 aliphatic carbocycles. The Bertz CT molecular complexity index is 1510. The van der Waals surface area contributed by atoms with E-state index in [-0.39, 0.29) is 5.56 Å². The molecule has 5 rings (SSSR count). The van der Waals surface area contributed by atoms with Gasteiger partial charge in [0.25, 0.3) is 5.56 Å². The van der Waals surface area contributed by atoms with Crippen molar-refractivity contribution in [3.05, 3.63) is 103 Å². The van der Waals surface area contributed by atoms with Crippen LogP contribution in [-0.2, 0) is 6.61 Å². The summed E-state index contributed by atoms with van der Waals surface area (Å²) in [6.07, 6.45) is 1.80. The number of halogens is 2. The fourth-order valence-corrected chi connectivity index (χ4v) is 4.68. The van der Waals surface area contributed by atoms with Crippen LogP contribution in [0.25, 0.3) is 22.1 Å². The van der Waals surface area contributed by atoms with Crippen LogP contribution in [0.5, 0.6) is 5.75 Å². The Hall–Kier alpha value is -2.86. The summed E-state index contributed by atoms with van der Waals surface area (Å²) >= 11 is 13.6. The second-order valence-corrected chi connectivity index (χ2v) is 8.62. The summed E-state index contributed by atoms with van der Waals surface area (Å²) in [5, 5.41) is 1.22. The summed E-state index contributed by atoms with van der Waals surface area (Å²) in [5.74, 6) is 0.634. The Labute approximate surface area is 185 Å². The van der Waals surface area contributed by atoms with Gasteiger partial charge in [-0.1, -0.05) is 58.8 Å². The average Bonchev–Trinajstić information content (AvgIpc) is 3.24. The molecule has 0 spiro atoms. The Balaban J connectivity index is 1.57. The molecule has 0 N–H and O–H groups in total. The van der Waals surface area contributed by atoms with Crippen molar-refractivity contribution < 1.29 is 4.74 Å². The lowest BCUT2D eigenvalue weighted by atomic mass is 10.2. The van der Waals surface area contributed by atoms with Gasteiger partial charge < -0.3 is 4.74 Å². The van der Waals surface area contributed by atoms with E-state index in [1.54, 1.807) is 28.7 Å². The maximum absolute atomic E-state index is 13.0. The highest BCUT2D eigenvalue weighted by Gasteiger charge is 2.11. The van der Waals surface area contributed by atoms with E-state index in [0.717, 1.165) is 22.2 Å². The number of thiazole rings is 1. The Morgan fingerprint density at radius 2 is 1.83 bits per heavy atom. The van der Waals surface area contributed by atoms with Crippen molar-refractivity contribution in [3.8, 4) is 5.75 Å². The van der Waals surface area contributed by atoms with Crippen molar-refractivity contribution in [3.63, 3.8) is 0 Å². The normalized spacial score (nSPS) is 12.1. The third kappa shape index (κ3) is 3.56. The van der Waals surface area contributed by atoms with Crippen LogP contribution in [-0.4, -0.2) is 9.38 Å². The minimum Gasteiger partial charge on any atom is -0.488 e. The molecule has 2 aromatic heterocycles. The lowest BCUT2D eigenvalue weighted by Gasteiger charge is -2.10. The molecule has 0 aliphatic rings. The molecule has 0 saturated carbocycles. The first-order chi connectivity index (χ1) is 14.6. The second-order valence-electron chi connectivity index (χ2n) is 6.74. The number of aromatic nitrogens is 2. The number of hydrogen-bond donors (Lipinski definition) is 0. The highest BCUT2D eigenvalue weighted by molar-refractivity contribution is 7.15. The molecule has 2 heterocycles. The van der Waals surface area contributed by atoms with Crippen LogP contribution in [0, 0.1) is 0 Å². The minimum absolute atomic E-state index is 0.107. The van der Waals surface area contributed by atoms with E-state index in [1.165, 1.54) is 11.3 Å². The first kappa shape index (κ1) is 19.1. The van der Waals surface area contributed by atoms with E-state index in [2.05, 4.69) is 4.98 Å². The lowest BCUT2D eigenvalue weighted by Crippen LogP contribution is -2.22. The first-order valence-electron chi connectivity index (χ1n) is 9.17. The van der Waals surface area contributed by atoms with Gasteiger partial charge in [0.15, 0.2) is 4.96 Å². The number of fused-ring (bicyclic) bond motifs is 3. The summed E-state index contributed by atoms with van der Waals surface area (Å²) in [4.78, 5) is 18.3. The molecule has 7 heteroatoms. The largest absolute Gasteiger partial charge is 0.488 e. The maximum Gasteiger partial charge on any atom is 0.274 e. The van der Waals surface area contributed by atoms with Gasteiger partial charge in [-0.05, 0) is 54.1 Å². The van der Waals surface area contributed by atoms with E-state index < -0.39 is 0 Å². The van der Waals surface area contributed by atoms with Gasteiger partial charge in [0, 0.05) is 15.6 Å². The summed E-state index contributed by atoms with van der Waals surface area (Å²) < 4.78 is 8.21. The quantitative estimate of drug-likeness (QED) is 0.369. The number of benzene rings is 3. The number of rotatable bonds is 4. The van der Waals surface area contributed by atoms with Gasteiger partial charge in [-0.2, -0.15) is 0 Å². The molecule has 5 aromatic rings. The van der Waals surface area contributed by atoms with Crippen molar-refractivity contribution in [2.45, 2.75) is 6.61 Å². The molecular formula is C23H14Cl2N2O2S. The van der Waals surface area contributed by atoms with Gasteiger partial charge >= 0.3 is 0 Å². The molecule has 30 heavy (non-hydrogen) atoms. The molecule has 0 fully saturated rings. The van der Waals surface area contributed by atoms with Crippen LogP contribution in [0.1, 0.15) is 11.1 Å². The SMILES string of the molecule is O=c1/c(=C\c2cc(Cl)ccc2OCc2cccc(Cl)c2)sc2nc3ccccc3n12. The average molecular weight is 453 g/mol. The molecule has 0 aliphatic heterocycles. The van der Waals surface area contributed by atoms with Crippen molar-refractivity contribution in [1.82, 2.24) is 9.38 Å². The zero-order chi connectivity index (χ0) is 20.7. The van der Waals surface area contributed by atoms with Crippen molar-refractivity contribution in [1.29, 1.82) is 0 Å². The molecule has 0 radical (unpaired) electrons. The van der Waals surface area contributed by atoms with E-state index >= 15 is 0 Å². The van der Waals surface area contributed by atoms with Crippen LogP contribution >= 0.6 is 34.5 Å². The topological polar surface area (TPSA) is 43.6 Å². The summed E-state index contributed by atoms with van der Waals surface area (Å²) in [7, 11) is 0. The van der Waals surface area contributed by atoms with Crippen molar-refractivity contribution in [2.24, 2.45) is 0 Å². The predicted octanol–water partition coefficient (Wildman–Crippen LogP) is 5.34. The van der Waals surface area contributed by atoms with Crippen LogP contribution in [0.3, 0.4) is 0 Å². The fourth-order valence-electron chi connectivity index (χ4n) is 3.30. The minimum atomic E-state index is -0.107. The molecule has 0 atom stereocenters. The number of imidazole rings is 1. The monoisotopic (exact) mass is 452 g/mol. The fraction of sp³-hybridized carbons (Fsp3) is 0.0435. The summed E-state index contributed by atoms with van der Waals surface area (Å²) in [6.45, 7) is 0.353. The van der Waals surface area contributed by atoms with E-state index in [9.17, 15) is 4.79 Å². The van der Waals surface area contributed by atoms with Gasteiger partial charge in [-0.25, -0.2) is 9.38 Å². The van der Waals surface area contributed by atoms with Crippen molar-refractivity contribution in [2.75, 3.05) is 0 Å². The Morgan fingerprint density at radius 1 is 1.00 bits per heavy atom. The van der Waals surface area contributed by atoms with E-state index in [0.29, 0.717) is 31.9 Å². The Kier molecular flexibility index (Phi) is 4.95. The van der Waals surface area contributed by atoms with Gasteiger partial charge in [-0.3, -0.25) is 4.79 Å². The highest BCUT2D eigenvalue weighted by Crippen LogP contribution is 2.25. The van der Waals surface area contributed by atoms with Gasteiger partial charge in [0.1, 0.15) is 12.4 Å². The third-order valence-electron chi connectivity index (χ3n) is 4.69. The van der Waals surface area contributed by atoms with E-state index in [1.807, 2.05) is 48.5 Å². The zero-order valence-corrected chi connectivity index (χ0v) is 17.8. The molecule has 0 saturated heterocycles. The number of ether oxygens (including phenoxy) is 1. The third-order valence-corrected chi connectivity index (χ3v) is 6.13.